The normalized spacial score (nSPS) is 10.4. The Morgan fingerprint density at radius 2 is 2.00 bits per heavy atom. The first-order chi connectivity index (χ1) is 7.74. The van der Waals surface area contributed by atoms with Gasteiger partial charge in [-0.15, -0.1) is 0 Å². The standard InChI is InChI=1S/C12H18FNO2/c1-10-3-4-11(9-12(10)13)16-8-6-14-5-7-15-2/h3-4,9,14H,5-8H2,1-2H3. The summed E-state index contributed by atoms with van der Waals surface area (Å²) in [6.45, 7) is 4.44. The molecule has 1 N–H and O–H groups in total. The summed E-state index contributed by atoms with van der Waals surface area (Å²) in [7, 11) is 1.66. The number of hydrogen-bond donors (Lipinski definition) is 1. The molecule has 4 heteroatoms. The maximum atomic E-state index is 13.1. The summed E-state index contributed by atoms with van der Waals surface area (Å²) < 4.78 is 23.4. The molecule has 0 aliphatic rings. The van der Waals surface area contributed by atoms with E-state index in [4.69, 9.17) is 9.47 Å². The minimum Gasteiger partial charge on any atom is -0.492 e. The summed E-state index contributed by atoms with van der Waals surface area (Å²) in [5.41, 5.74) is 0.630. The second-order valence-corrected chi connectivity index (χ2v) is 3.50. The Labute approximate surface area is 95.6 Å². The van der Waals surface area contributed by atoms with Gasteiger partial charge in [0.15, 0.2) is 0 Å². The predicted molar refractivity (Wildman–Crippen MR) is 61.4 cm³/mol. The third-order valence-corrected chi connectivity index (χ3v) is 2.17. The van der Waals surface area contributed by atoms with Gasteiger partial charge in [-0.3, -0.25) is 0 Å². The monoisotopic (exact) mass is 227 g/mol. The van der Waals surface area contributed by atoms with E-state index in [1.54, 1.807) is 26.2 Å². The van der Waals surface area contributed by atoms with Gasteiger partial charge < -0.3 is 14.8 Å². The van der Waals surface area contributed by atoms with E-state index in [0.717, 1.165) is 13.1 Å². The molecule has 0 saturated heterocycles. The molecular formula is C12H18FNO2. The summed E-state index contributed by atoms with van der Waals surface area (Å²) >= 11 is 0. The Morgan fingerprint density at radius 3 is 2.69 bits per heavy atom. The zero-order valence-corrected chi connectivity index (χ0v) is 9.75. The van der Waals surface area contributed by atoms with E-state index >= 15 is 0 Å². The Balaban J connectivity index is 2.19. The summed E-state index contributed by atoms with van der Waals surface area (Å²) in [6, 6.07) is 4.89. The first-order valence-corrected chi connectivity index (χ1v) is 5.32. The van der Waals surface area contributed by atoms with Crippen LogP contribution in [-0.4, -0.2) is 33.4 Å². The average molecular weight is 227 g/mol. The fourth-order valence-corrected chi connectivity index (χ4v) is 1.20. The van der Waals surface area contributed by atoms with Gasteiger partial charge in [0.25, 0.3) is 0 Å². The molecule has 0 atom stereocenters. The summed E-state index contributed by atoms with van der Waals surface area (Å²) in [5.74, 6) is 0.335. The van der Waals surface area contributed by atoms with Crippen LogP contribution in [-0.2, 0) is 4.74 Å². The van der Waals surface area contributed by atoms with Crippen molar-refractivity contribution < 1.29 is 13.9 Å². The van der Waals surface area contributed by atoms with Crippen LogP contribution in [0.15, 0.2) is 18.2 Å². The lowest BCUT2D eigenvalue weighted by molar-refractivity contribution is 0.196. The quantitative estimate of drug-likeness (QED) is 0.720. The van der Waals surface area contributed by atoms with Crippen molar-refractivity contribution in [2.24, 2.45) is 0 Å². The SMILES string of the molecule is COCCNCCOc1ccc(C)c(F)c1. The fraction of sp³-hybridized carbons (Fsp3) is 0.500. The molecule has 0 fully saturated rings. The van der Waals surface area contributed by atoms with Gasteiger partial charge >= 0.3 is 0 Å². The van der Waals surface area contributed by atoms with Crippen LogP contribution >= 0.6 is 0 Å². The van der Waals surface area contributed by atoms with Crippen molar-refractivity contribution in [3.05, 3.63) is 29.6 Å². The Hall–Kier alpha value is -1.13. The number of ether oxygens (including phenoxy) is 2. The number of halogens is 1. The minimum atomic E-state index is -0.232. The third-order valence-electron chi connectivity index (χ3n) is 2.17. The van der Waals surface area contributed by atoms with Crippen LogP contribution in [0.1, 0.15) is 5.56 Å². The van der Waals surface area contributed by atoms with Gasteiger partial charge in [-0.1, -0.05) is 6.07 Å². The molecule has 0 amide bonds. The summed E-state index contributed by atoms with van der Waals surface area (Å²) in [5, 5.41) is 3.14. The highest BCUT2D eigenvalue weighted by molar-refractivity contribution is 5.27. The Kier molecular flexibility index (Phi) is 5.82. The molecule has 90 valence electrons. The molecule has 1 aromatic carbocycles. The van der Waals surface area contributed by atoms with Crippen molar-refractivity contribution in [2.75, 3.05) is 33.4 Å². The third kappa shape index (κ3) is 4.59. The molecule has 1 aromatic rings. The van der Waals surface area contributed by atoms with E-state index in [2.05, 4.69) is 5.32 Å². The second kappa shape index (κ2) is 7.19. The van der Waals surface area contributed by atoms with Gasteiger partial charge in [-0.05, 0) is 18.6 Å². The van der Waals surface area contributed by atoms with E-state index < -0.39 is 0 Å². The lowest BCUT2D eigenvalue weighted by atomic mass is 10.2. The highest BCUT2D eigenvalue weighted by atomic mass is 19.1. The van der Waals surface area contributed by atoms with Gasteiger partial charge in [0.2, 0.25) is 0 Å². The van der Waals surface area contributed by atoms with E-state index in [9.17, 15) is 4.39 Å². The molecule has 0 bridgehead atoms. The van der Waals surface area contributed by atoms with Gasteiger partial charge in [0.1, 0.15) is 18.2 Å². The number of rotatable bonds is 7. The molecule has 0 unspecified atom stereocenters. The number of aryl methyl sites for hydroxylation is 1. The van der Waals surface area contributed by atoms with Gasteiger partial charge in [0.05, 0.1) is 6.61 Å². The van der Waals surface area contributed by atoms with Gasteiger partial charge in [0, 0.05) is 26.3 Å². The largest absolute Gasteiger partial charge is 0.492 e. The number of methoxy groups -OCH3 is 1. The Morgan fingerprint density at radius 1 is 1.25 bits per heavy atom. The summed E-state index contributed by atoms with van der Waals surface area (Å²) in [4.78, 5) is 0. The molecule has 0 aromatic heterocycles. The van der Waals surface area contributed by atoms with E-state index in [1.807, 2.05) is 0 Å². The van der Waals surface area contributed by atoms with Crippen molar-refractivity contribution in [1.29, 1.82) is 0 Å². The maximum Gasteiger partial charge on any atom is 0.129 e. The molecule has 0 radical (unpaired) electrons. The molecule has 16 heavy (non-hydrogen) atoms. The van der Waals surface area contributed by atoms with Gasteiger partial charge in [-0.25, -0.2) is 4.39 Å². The molecule has 1 rings (SSSR count). The van der Waals surface area contributed by atoms with Crippen LogP contribution in [0.5, 0.6) is 5.75 Å². The zero-order chi connectivity index (χ0) is 11.8. The zero-order valence-electron chi connectivity index (χ0n) is 9.75. The second-order valence-electron chi connectivity index (χ2n) is 3.50. The number of benzene rings is 1. The maximum absolute atomic E-state index is 13.1. The Bertz CT molecular complexity index is 318. The van der Waals surface area contributed by atoms with Gasteiger partial charge in [-0.2, -0.15) is 0 Å². The van der Waals surface area contributed by atoms with Crippen molar-refractivity contribution in [1.82, 2.24) is 5.32 Å². The smallest absolute Gasteiger partial charge is 0.129 e. The van der Waals surface area contributed by atoms with Crippen LogP contribution in [0.2, 0.25) is 0 Å². The molecule has 0 spiro atoms. The van der Waals surface area contributed by atoms with E-state index in [1.165, 1.54) is 6.07 Å². The molecule has 0 saturated carbocycles. The van der Waals surface area contributed by atoms with Crippen LogP contribution < -0.4 is 10.1 Å². The molecule has 0 heterocycles. The van der Waals surface area contributed by atoms with Crippen LogP contribution in [0, 0.1) is 12.7 Å². The topological polar surface area (TPSA) is 30.5 Å². The number of nitrogens with one attached hydrogen (secondary N) is 1. The number of hydrogen-bond acceptors (Lipinski definition) is 3. The van der Waals surface area contributed by atoms with Crippen molar-refractivity contribution >= 4 is 0 Å². The first kappa shape index (κ1) is 12.9. The highest BCUT2D eigenvalue weighted by Crippen LogP contribution is 2.15. The predicted octanol–water partition coefficient (Wildman–Crippen LogP) is 1.75. The lowest BCUT2D eigenvalue weighted by Gasteiger charge is -2.08. The van der Waals surface area contributed by atoms with Crippen LogP contribution in [0.4, 0.5) is 4.39 Å². The highest BCUT2D eigenvalue weighted by Gasteiger charge is 1.99. The van der Waals surface area contributed by atoms with E-state index in [-0.39, 0.29) is 5.82 Å². The van der Waals surface area contributed by atoms with Crippen molar-refractivity contribution in [2.45, 2.75) is 6.92 Å². The molecule has 0 aliphatic carbocycles. The molecule has 3 nitrogen and oxygen atoms in total. The van der Waals surface area contributed by atoms with Crippen molar-refractivity contribution in [3.63, 3.8) is 0 Å². The van der Waals surface area contributed by atoms with Crippen LogP contribution in [0.25, 0.3) is 0 Å². The fourth-order valence-electron chi connectivity index (χ4n) is 1.20. The molecule has 0 aliphatic heterocycles. The average Bonchev–Trinajstić information content (AvgIpc) is 2.28. The molecular weight excluding hydrogens is 209 g/mol. The van der Waals surface area contributed by atoms with Crippen molar-refractivity contribution in [3.8, 4) is 5.75 Å². The van der Waals surface area contributed by atoms with Crippen LogP contribution in [0.3, 0.4) is 0 Å². The minimum absolute atomic E-state index is 0.232. The lowest BCUT2D eigenvalue weighted by Crippen LogP contribution is -2.24. The van der Waals surface area contributed by atoms with E-state index in [0.29, 0.717) is 24.5 Å². The summed E-state index contributed by atoms with van der Waals surface area (Å²) in [6.07, 6.45) is 0. The first-order valence-electron chi connectivity index (χ1n) is 5.32.